The van der Waals surface area contributed by atoms with Gasteiger partial charge < -0.3 is 14.1 Å². The van der Waals surface area contributed by atoms with Crippen LogP contribution in [0.1, 0.15) is 31.1 Å². The summed E-state index contributed by atoms with van der Waals surface area (Å²) in [5, 5.41) is 4.82. The van der Waals surface area contributed by atoms with E-state index < -0.39 is 0 Å². The first-order valence-electron chi connectivity index (χ1n) is 11.1. The number of hydrogen-bond acceptors (Lipinski definition) is 5. The van der Waals surface area contributed by atoms with E-state index in [1.54, 1.807) is 0 Å². The van der Waals surface area contributed by atoms with E-state index in [2.05, 4.69) is 55.1 Å². The van der Waals surface area contributed by atoms with Crippen LogP contribution >= 0.6 is 0 Å². The molecule has 0 saturated carbocycles. The Morgan fingerprint density at radius 1 is 1.06 bits per heavy atom. The van der Waals surface area contributed by atoms with Gasteiger partial charge in [-0.25, -0.2) is 9.67 Å². The molecule has 1 aliphatic heterocycles. The van der Waals surface area contributed by atoms with Crippen molar-refractivity contribution in [3.8, 4) is 17.1 Å². The van der Waals surface area contributed by atoms with Crippen LogP contribution in [-0.4, -0.2) is 41.1 Å². The average molecular weight is 417 g/mol. The Morgan fingerprint density at radius 2 is 1.94 bits per heavy atom. The van der Waals surface area contributed by atoms with Crippen molar-refractivity contribution < 1.29 is 9.15 Å². The molecule has 0 spiro atoms. The van der Waals surface area contributed by atoms with E-state index in [-0.39, 0.29) is 0 Å². The van der Waals surface area contributed by atoms with Crippen molar-refractivity contribution in [2.24, 2.45) is 0 Å². The van der Waals surface area contributed by atoms with Crippen LogP contribution in [0.3, 0.4) is 0 Å². The Bertz CT molecular complexity index is 1190. The molecule has 6 nitrogen and oxygen atoms in total. The lowest BCUT2D eigenvalue weighted by Gasteiger charge is -2.29. The first-order chi connectivity index (χ1) is 15.2. The Labute approximate surface area is 182 Å². The number of unbranched alkanes of at least 4 members (excludes halogenated alkanes) is 1. The van der Waals surface area contributed by atoms with Crippen LogP contribution < -0.4 is 4.90 Å². The zero-order chi connectivity index (χ0) is 21.2. The van der Waals surface area contributed by atoms with Crippen molar-refractivity contribution >= 4 is 16.8 Å². The van der Waals surface area contributed by atoms with E-state index >= 15 is 0 Å². The number of morpholine rings is 1. The van der Waals surface area contributed by atoms with Gasteiger partial charge in [0.05, 0.1) is 24.6 Å². The highest BCUT2D eigenvalue weighted by molar-refractivity contribution is 5.88. The molecule has 0 unspecified atom stereocenters. The van der Waals surface area contributed by atoms with E-state index in [4.69, 9.17) is 19.2 Å². The second kappa shape index (κ2) is 8.55. The maximum absolute atomic E-state index is 6.26. The summed E-state index contributed by atoms with van der Waals surface area (Å²) in [5.41, 5.74) is 6.09. The van der Waals surface area contributed by atoms with Crippen LogP contribution in [0.2, 0.25) is 0 Å². The van der Waals surface area contributed by atoms with Crippen molar-refractivity contribution in [1.29, 1.82) is 0 Å². The molecule has 160 valence electrons. The normalized spacial score (nSPS) is 14.5. The molecule has 1 aliphatic rings. The predicted octanol–water partition coefficient (Wildman–Crippen LogP) is 5.17. The van der Waals surface area contributed by atoms with Gasteiger partial charge in [-0.1, -0.05) is 37.1 Å². The van der Waals surface area contributed by atoms with Gasteiger partial charge in [-0.15, -0.1) is 0 Å². The van der Waals surface area contributed by atoms with E-state index in [9.17, 15) is 0 Å². The lowest BCUT2D eigenvalue weighted by molar-refractivity contribution is 0.122. The van der Waals surface area contributed by atoms with Gasteiger partial charge in [-0.05, 0) is 25.5 Å². The van der Waals surface area contributed by atoms with Gasteiger partial charge in [0.25, 0.3) is 0 Å². The summed E-state index contributed by atoms with van der Waals surface area (Å²) in [6.45, 7) is 7.43. The molecule has 0 radical (unpaired) electrons. The summed E-state index contributed by atoms with van der Waals surface area (Å²) < 4.78 is 13.7. The number of hydrogen-bond donors (Lipinski definition) is 0. The molecule has 4 aromatic rings. The fourth-order valence-electron chi connectivity index (χ4n) is 4.08. The monoisotopic (exact) mass is 416 g/mol. The van der Waals surface area contributed by atoms with Gasteiger partial charge in [-0.2, -0.15) is 5.10 Å². The van der Waals surface area contributed by atoms with Crippen LogP contribution in [0.5, 0.6) is 0 Å². The van der Waals surface area contributed by atoms with Gasteiger partial charge >= 0.3 is 0 Å². The van der Waals surface area contributed by atoms with Gasteiger partial charge in [-0.3, -0.25) is 0 Å². The average Bonchev–Trinajstić information content (AvgIpc) is 3.45. The minimum absolute atomic E-state index is 0.724. The molecular formula is C25H28N4O2. The maximum Gasteiger partial charge on any atom is 0.176 e. The van der Waals surface area contributed by atoms with Crippen LogP contribution in [-0.2, 0) is 11.2 Å². The molecule has 0 atom stereocenters. The highest BCUT2D eigenvalue weighted by Gasteiger charge is 2.20. The molecule has 1 saturated heterocycles. The third-order valence-electron chi connectivity index (χ3n) is 5.76. The Hall–Kier alpha value is -3.12. The molecule has 31 heavy (non-hydrogen) atoms. The quantitative estimate of drug-likeness (QED) is 0.434. The molecule has 3 aromatic heterocycles. The number of fused-ring (bicyclic) bond motifs is 1. The molecule has 0 amide bonds. The van der Waals surface area contributed by atoms with E-state index in [0.717, 1.165) is 85.2 Å². The van der Waals surface area contributed by atoms with Crippen LogP contribution in [0.4, 0.5) is 5.69 Å². The molecule has 4 heterocycles. The van der Waals surface area contributed by atoms with Crippen LogP contribution in [0.15, 0.2) is 53.1 Å². The number of aryl methyl sites for hydroxylation is 2. The van der Waals surface area contributed by atoms with Crippen molar-refractivity contribution in [2.75, 3.05) is 31.2 Å². The fourth-order valence-corrected chi connectivity index (χ4v) is 4.08. The predicted molar refractivity (Wildman–Crippen MR) is 123 cm³/mol. The largest absolute Gasteiger partial charge is 0.457 e. The molecule has 5 rings (SSSR count). The summed E-state index contributed by atoms with van der Waals surface area (Å²) in [5.74, 6) is 1.80. The smallest absolute Gasteiger partial charge is 0.176 e. The Kier molecular flexibility index (Phi) is 5.47. The van der Waals surface area contributed by atoms with E-state index in [0.29, 0.717) is 0 Å². The van der Waals surface area contributed by atoms with Gasteiger partial charge in [0, 0.05) is 43.4 Å². The highest BCUT2D eigenvalue weighted by Crippen LogP contribution is 2.32. The van der Waals surface area contributed by atoms with E-state index in [1.807, 2.05) is 16.9 Å². The highest BCUT2D eigenvalue weighted by atomic mass is 16.5. The second-order valence-electron chi connectivity index (χ2n) is 8.14. The van der Waals surface area contributed by atoms with Crippen molar-refractivity contribution in [3.63, 3.8) is 0 Å². The van der Waals surface area contributed by atoms with Crippen LogP contribution in [0.25, 0.3) is 28.2 Å². The number of ether oxygens (including phenoxy) is 1. The zero-order valence-corrected chi connectivity index (χ0v) is 18.2. The lowest BCUT2D eigenvalue weighted by Crippen LogP contribution is -2.36. The lowest BCUT2D eigenvalue weighted by atomic mass is 10.1. The molecule has 6 heteroatoms. The van der Waals surface area contributed by atoms with Crippen molar-refractivity contribution in [3.05, 3.63) is 60.0 Å². The number of aromatic nitrogens is 3. The minimum Gasteiger partial charge on any atom is -0.457 e. The number of anilines is 1. The van der Waals surface area contributed by atoms with Gasteiger partial charge in [0.2, 0.25) is 0 Å². The SMILES string of the molecule is CCCCc1cc2nc(-n3ccc(-c4cccc(C)c4)n3)cc(N3CCOCC3)c2o1. The zero-order valence-electron chi connectivity index (χ0n) is 18.2. The van der Waals surface area contributed by atoms with Gasteiger partial charge in [0.15, 0.2) is 11.4 Å². The second-order valence-corrected chi connectivity index (χ2v) is 8.14. The summed E-state index contributed by atoms with van der Waals surface area (Å²) in [6.07, 6.45) is 5.16. The summed E-state index contributed by atoms with van der Waals surface area (Å²) in [7, 11) is 0. The number of furan rings is 1. The molecule has 1 fully saturated rings. The fraction of sp³-hybridized carbons (Fsp3) is 0.360. The van der Waals surface area contributed by atoms with Crippen LogP contribution in [0, 0.1) is 6.92 Å². The summed E-state index contributed by atoms with van der Waals surface area (Å²) in [4.78, 5) is 7.23. The van der Waals surface area contributed by atoms with Gasteiger partial charge in [0.1, 0.15) is 11.3 Å². The Morgan fingerprint density at radius 3 is 2.74 bits per heavy atom. The first kappa shape index (κ1) is 19.8. The third kappa shape index (κ3) is 4.08. The summed E-state index contributed by atoms with van der Waals surface area (Å²) in [6, 6.07) is 14.6. The summed E-state index contributed by atoms with van der Waals surface area (Å²) >= 11 is 0. The molecule has 0 N–H and O–H groups in total. The minimum atomic E-state index is 0.724. The number of pyridine rings is 1. The topological polar surface area (TPSA) is 56.3 Å². The van der Waals surface area contributed by atoms with E-state index in [1.165, 1.54) is 5.56 Å². The number of rotatable bonds is 6. The molecule has 0 bridgehead atoms. The third-order valence-corrected chi connectivity index (χ3v) is 5.76. The molecule has 1 aromatic carbocycles. The van der Waals surface area contributed by atoms with Crippen molar-refractivity contribution in [2.45, 2.75) is 33.1 Å². The molecule has 0 aliphatic carbocycles. The number of nitrogens with zero attached hydrogens (tertiary/aromatic N) is 4. The molecular weight excluding hydrogens is 388 g/mol. The first-order valence-corrected chi connectivity index (χ1v) is 11.1. The van der Waals surface area contributed by atoms with Crippen molar-refractivity contribution in [1.82, 2.24) is 14.8 Å². The Balaban J connectivity index is 1.57. The number of benzene rings is 1. The standard InChI is InChI=1S/C25H28N4O2/c1-3-4-8-20-16-22-25(31-20)23(28-11-13-30-14-12-28)17-24(26-22)29-10-9-21(27-29)19-7-5-6-18(2)15-19/h5-7,9-10,15-17H,3-4,8,11-14H2,1-2H3. The maximum atomic E-state index is 6.26.